The molecule has 0 heterocycles. The molecule has 1 atom stereocenters. The van der Waals surface area contributed by atoms with Crippen LogP contribution in [0.5, 0.6) is 0 Å². The van der Waals surface area contributed by atoms with Crippen molar-refractivity contribution in [2.75, 3.05) is 6.54 Å². The zero-order chi connectivity index (χ0) is 20.6. The van der Waals surface area contributed by atoms with Crippen molar-refractivity contribution in [3.63, 3.8) is 0 Å². The van der Waals surface area contributed by atoms with E-state index in [0.717, 1.165) is 0 Å². The maximum absolute atomic E-state index is 6.39. The smallest absolute Gasteiger partial charge is 0.0579 e. The molecule has 0 aromatic heterocycles. The molecule has 3 N–H and O–H groups in total. The Hall–Kier alpha value is -2.62. The zero-order valence-electron chi connectivity index (χ0n) is 17.9. The van der Waals surface area contributed by atoms with Crippen LogP contribution in [0.3, 0.4) is 0 Å². The van der Waals surface area contributed by atoms with E-state index in [-0.39, 0.29) is 42.8 Å². The van der Waals surface area contributed by atoms with Gasteiger partial charge in [-0.1, -0.05) is 121 Å². The summed E-state index contributed by atoms with van der Waals surface area (Å²) in [6.07, 6.45) is 0. The Morgan fingerprint density at radius 1 is 0.500 bits per heavy atom. The molecule has 4 rings (SSSR count). The fourth-order valence-electron chi connectivity index (χ4n) is 4.17. The van der Waals surface area contributed by atoms with Gasteiger partial charge in [0.25, 0.3) is 0 Å². The number of nitrogens with one attached hydrogen (secondary N) is 1. The van der Waals surface area contributed by atoms with Crippen molar-refractivity contribution in [3.8, 4) is 0 Å². The van der Waals surface area contributed by atoms with Crippen molar-refractivity contribution < 1.29 is 0 Å². The second-order valence-electron chi connectivity index (χ2n) is 7.56. The first-order chi connectivity index (χ1) is 14.9. The van der Waals surface area contributed by atoms with Crippen LogP contribution in [0.2, 0.25) is 0 Å². The summed E-state index contributed by atoms with van der Waals surface area (Å²) in [5.74, 6) is 0.160. The van der Waals surface area contributed by atoms with E-state index in [2.05, 4.69) is 127 Å². The minimum absolute atomic E-state index is 0. The zero-order valence-corrected chi connectivity index (χ0v) is 19.5. The van der Waals surface area contributed by atoms with E-state index < -0.39 is 0 Å². The van der Waals surface area contributed by atoms with Crippen molar-refractivity contribution >= 4 is 24.8 Å². The summed E-state index contributed by atoms with van der Waals surface area (Å²) in [6, 6.07) is 42.7. The molecule has 4 aromatic rings. The molecule has 0 aliphatic carbocycles. The van der Waals surface area contributed by atoms with Gasteiger partial charge in [-0.2, -0.15) is 0 Å². The lowest BCUT2D eigenvalue weighted by Gasteiger charge is -2.32. The van der Waals surface area contributed by atoms with Gasteiger partial charge in [-0.3, -0.25) is 0 Å². The van der Waals surface area contributed by atoms with Crippen LogP contribution in [-0.2, 0) is 0 Å². The highest BCUT2D eigenvalue weighted by atomic mass is 35.5. The third-order valence-corrected chi connectivity index (χ3v) is 5.62. The predicted octanol–water partition coefficient (Wildman–Crippen LogP) is 6.37. The van der Waals surface area contributed by atoms with E-state index in [1.54, 1.807) is 0 Å². The Kier molecular flexibility index (Phi) is 10.5. The second-order valence-corrected chi connectivity index (χ2v) is 7.56. The molecule has 4 aromatic carbocycles. The van der Waals surface area contributed by atoms with Crippen LogP contribution in [0.4, 0.5) is 0 Å². The molecule has 0 aliphatic heterocycles. The van der Waals surface area contributed by atoms with Crippen molar-refractivity contribution in [1.29, 1.82) is 0 Å². The summed E-state index contributed by atoms with van der Waals surface area (Å²) >= 11 is 0. The van der Waals surface area contributed by atoms with Gasteiger partial charge in [-0.25, -0.2) is 0 Å². The van der Waals surface area contributed by atoms with Crippen molar-refractivity contribution in [2.45, 2.75) is 18.0 Å². The molecule has 0 spiro atoms. The van der Waals surface area contributed by atoms with Gasteiger partial charge in [-0.15, -0.1) is 24.8 Å². The maximum atomic E-state index is 6.39. The first-order valence-corrected chi connectivity index (χ1v) is 10.5. The number of benzene rings is 4. The fraction of sp³-hybridized carbons (Fsp3) is 0.143. The van der Waals surface area contributed by atoms with Crippen LogP contribution in [0.25, 0.3) is 0 Å². The Bertz CT molecular complexity index is 933. The average Bonchev–Trinajstić information content (AvgIpc) is 2.84. The van der Waals surface area contributed by atoms with E-state index >= 15 is 0 Å². The van der Waals surface area contributed by atoms with Gasteiger partial charge in [0, 0.05) is 18.5 Å². The predicted molar refractivity (Wildman–Crippen MR) is 140 cm³/mol. The third-order valence-electron chi connectivity index (χ3n) is 5.62. The monoisotopic (exact) mass is 464 g/mol. The standard InChI is InChI=1S/C28H28N2.2ClH/c29-21-26(27(22-13-5-1-6-14-22)23-15-7-2-8-16-23)30-28(24-17-9-3-10-18-24)25-19-11-4-12-20-25;;/h1-20,26-28,30H,21,29H2;2*1H. The van der Waals surface area contributed by atoms with E-state index in [0.29, 0.717) is 6.54 Å². The highest BCUT2D eigenvalue weighted by Crippen LogP contribution is 2.31. The summed E-state index contributed by atoms with van der Waals surface area (Å²) in [5, 5.41) is 3.91. The van der Waals surface area contributed by atoms with Gasteiger partial charge in [0.05, 0.1) is 6.04 Å². The molecule has 32 heavy (non-hydrogen) atoms. The molecule has 0 bridgehead atoms. The number of halogens is 2. The lowest BCUT2D eigenvalue weighted by molar-refractivity contribution is 0.438. The van der Waals surface area contributed by atoms with Gasteiger partial charge in [0.2, 0.25) is 0 Å². The van der Waals surface area contributed by atoms with E-state index in [4.69, 9.17) is 5.73 Å². The van der Waals surface area contributed by atoms with Crippen molar-refractivity contribution in [1.82, 2.24) is 5.32 Å². The van der Waals surface area contributed by atoms with Gasteiger partial charge < -0.3 is 11.1 Å². The molecule has 0 saturated heterocycles. The minimum Gasteiger partial charge on any atom is -0.329 e. The normalized spacial score (nSPS) is 11.5. The molecule has 4 heteroatoms. The number of nitrogens with two attached hydrogens (primary N) is 1. The molecular weight excluding hydrogens is 435 g/mol. The molecule has 2 nitrogen and oxygen atoms in total. The molecule has 0 aliphatic rings. The van der Waals surface area contributed by atoms with Gasteiger partial charge in [0.1, 0.15) is 0 Å². The summed E-state index contributed by atoms with van der Waals surface area (Å²) in [6.45, 7) is 0.532. The van der Waals surface area contributed by atoms with E-state index in [1.165, 1.54) is 22.3 Å². The topological polar surface area (TPSA) is 38.0 Å². The molecule has 0 saturated carbocycles. The number of hydrogen-bond acceptors (Lipinski definition) is 2. The molecule has 1 unspecified atom stereocenters. The fourth-order valence-corrected chi connectivity index (χ4v) is 4.17. The molecular formula is C28H30Cl2N2. The van der Waals surface area contributed by atoms with E-state index in [9.17, 15) is 0 Å². The Labute approximate surface area is 203 Å². The quantitative estimate of drug-likeness (QED) is 0.317. The van der Waals surface area contributed by atoms with Crippen LogP contribution in [0.15, 0.2) is 121 Å². The summed E-state index contributed by atoms with van der Waals surface area (Å²) < 4.78 is 0. The summed E-state index contributed by atoms with van der Waals surface area (Å²) in [4.78, 5) is 0. The van der Waals surface area contributed by atoms with Crippen molar-refractivity contribution in [2.24, 2.45) is 5.73 Å². The summed E-state index contributed by atoms with van der Waals surface area (Å²) in [5.41, 5.74) is 11.4. The van der Waals surface area contributed by atoms with Crippen molar-refractivity contribution in [3.05, 3.63) is 144 Å². The molecule has 0 fully saturated rings. The van der Waals surface area contributed by atoms with Gasteiger partial charge in [-0.05, 0) is 22.3 Å². The molecule has 0 radical (unpaired) electrons. The van der Waals surface area contributed by atoms with E-state index in [1.807, 2.05) is 0 Å². The third kappa shape index (κ3) is 6.21. The van der Waals surface area contributed by atoms with Gasteiger partial charge >= 0.3 is 0 Å². The maximum Gasteiger partial charge on any atom is 0.0579 e. The number of hydrogen-bond donors (Lipinski definition) is 2. The first-order valence-electron chi connectivity index (χ1n) is 10.5. The number of rotatable bonds is 8. The van der Waals surface area contributed by atoms with Gasteiger partial charge in [0.15, 0.2) is 0 Å². The SMILES string of the molecule is Cl.Cl.NCC(NC(c1ccccc1)c1ccccc1)C(c1ccccc1)c1ccccc1. The Morgan fingerprint density at radius 2 is 0.812 bits per heavy atom. The lowest BCUT2D eigenvalue weighted by Crippen LogP contribution is -2.43. The largest absolute Gasteiger partial charge is 0.329 e. The molecule has 0 amide bonds. The van der Waals surface area contributed by atoms with Crippen LogP contribution in [0.1, 0.15) is 34.2 Å². The lowest BCUT2D eigenvalue weighted by atomic mass is 9.84. The highest BCUT2D eigenvalue weighted by molar-refractivity contribution is 5.85. The second kappa shape index (κ2) is 13.0. The minimum atomic E-state index is 0. The molecule has 166 valence electrons. The van der Waals surface area contributed by atoms with Crippen LogP contribution in [0, 0.1) is 0 Å². The Morgan fingerprint density at radius 3 is 1.12 bits per heavy atom. The highest BCUT2D eigenvalue weighted by Gasteiger charge is 2.27. The summed E-state index contributed by atoms with van der Waals surface area (Å²) in [7, 11) is 0. The van der Waals surface area contributed by atoms with Crippen LogP contribution < -0.4 is 11.1 Å². The Balaban J connectivity index is 0.00000181. The van der Waals surface area contributed by atoms with Crippen LogP contribution in [-0.4, -0.2) is 12.6 Å². The average molecular weight is 465 g/mol. The van der Waals surface area contributed by atoms with Crippen LogP contribution >= 0.6 is 24.8 Å². The first kappa shape index (κ1) is 25.6.